The molecule has 4 aromatic rings. The Labute approximate surface area is 204 Å². The fourth-order valence-electron chi connectivity index (χ4n) is 4.55. The number of methoxy groups -OCH3 is 1. The van der Waals surface area contributed by atoms with Crippen molar-refractivity contribution in [3.05, 3.63) is 100 Å². The molecule has 0 unspecified atom stereocenters. The number of nitrogens with zero attached hydrogens (tertiary/aromatic N) is 4. The summed E-state index contributed by atoms with van der Waals surface area (Å²) in [6.07, 6.45) is 1.76. The van der Waals surface area contributed by atoms with Crippen LogP contribution in [0, 0.1) is 6.92 Å². The zero-order valence-corrected chi connectivity index (χ0v) is 20.0. The number of rotatable bonds is 5. The van der Waals surface area contributed by atoms with E-state index in [9.17, 15) is 9.59 Å². The number of ether oxygens (including phenoxy) is 1. The van der Waals surface area contributed by atoms with E-state index >= 15 is 0 Å². The van der Waals surface area contributed by atoms with Crippen molar-refractivity contribution in [2.75, 3.05) is 38.2 Å². The second kappa shape index (κ2) is 9.62. The molecule has 1 saturated heterocycles. The van der Waals surface area contributed by atoms with Gasteiger partial charge in [0.2, 0.25) is 0 Å². The molecule has 0 aliphatic carbocycles. The first kappa shape index (κ1) is 22.7. The van der Waals surface area contributed by atoms with Gasteiger partial charge in [-0.3, -0.25) is 14.6 Å². The summed E-state index contributed by atoms with van der Waals surface area (Å²) in [5, 5.41) is 0.456. The average molecular weight is 469 g/mol. The topological polar surface area (TPSA) is 67.7 Å². The van der Waals surface area contributed by atoms with Crippen molar-refractivity contribution in [3.63, 3.8) is 0 Å². The molecule has 7 nitrogen and oxygen atoms in total. The summed E-state index contributed by atoms with van der Waals surface area (Å²) in [5.41, 5.74) is 3.73. The van der Waals surface area contributed by atoms with E-state index in [1.54, 1.807) is 23.9 Å². The van der Waals surface area contributed by atoms with Crippen molar-refractivity contribution in [2.24, 2.45) is 0 Å². The molecule has 0 bridgehead atoms. The van der Waals surface area contributed by atoms with Crippen molar-refractivity contribution >= 4 is 22.5 Å². The summed E-state index contributed by atoms with van der Waals surface area (Å²) in [5.74, 6) is 0.696. The molecule has 3 heterocycles. The number of carbonyl (C=O) groups is 1. The van der Waals surface area contributed by atoms with Gasteiger partial charge < -0.3 is 19.1 Å². The van der Waals surface area contributed by atoms with Gasteiger partial charge in [-0.1, -0.05) is 30.3 Å². The van der Waals surface area contributed by atoms with E-state index in [0.717, 1.165) is 24.4 Å². The Hall–Kier alpha value is -4.13. The third-order valence-corrected chi connectivity index (χ3v) is 6.58. The zero-order chi connectivity index (χ0) is 24.4. The Morgan fingerprint density at radius 2 is 1.69 bits per heavy atom. The predicted octanol–water partition coefficient (Wildman–Crippen LogP) is 3.72. The van der Waals surface area contributed by atoms with Gasteiger partial charge in [0.05, 0.1) is 35.8 Å². The number of pyridine rings is 2. The fraction of sp³-hybridized carbons (Fsp3) is 0.250. The lowest BCUT2D eigenvalue weighted by atomic mass is 10.1. The largest absolute Gasteiger partial charge is 0.497 e. The number of aryl methyl sites for hydroxylation is 1. The third-order valence-electron chi connectivity index (χ3n) is 6.58. The summed E-state index contributed by atoms with van der Waals surface area (Å²) < 4.78 is 6.86. The molecule has 1 aliphatic rings. The Morgan fingerprint density at radius 3 is 2.37 bits per heavy atom. The number of hydrogen-bond acceptors (Lipinski definition) is 5. The summed E-state index contributed by atoms with van der Waals surface area (Å²) in [4.78, 5) is 35.4. The first-order valence-corrected chi connectivity index (χ1v) is 11.8. The SMILES string of the molecule is COc1ccc(Cn2ccc3nc(C)c(C(=O)N4CCN(c5ccccc5)CC4)cc3c2=O)cc1. The number of amides is 1. The number of aromatic nitrogens is 2. The molecule has 1 aliphatic heterocycles. The van der Waals surface area contributed by atoms with E-state index in [2.05, 4.69) is 22.0 Å². The van der Waals surface area contributed by atoms with E-state index in [4.69, 9.17) is 4.74 Å². The molecule has 0 atom stereocenters. The van der Waals surface area contributed by atoms with Crippen molar-refractivity contribution in [2.45, 2.75) is 13.5 Å². The van der Waals surface area contributed by atoms with Crippen LogP contribution >= 0.6 is 0 Å². The van der Waals surface area contributed by atoms with Gasteiger partial charge in [0.1, 0.15) is 5.75 Å². The standard InChI is InChI=1S/C28H28N4O3/c1-20-24(27(33)31-16-14-30(15-17-31)22-6-4-3-5-7-22)18-25-26(29-20)12-13-32(28(25)34)19-21-8-10-23(35-2)11-9-21/h3-13,18H,14-17,19H2,1-2H3. The van der Waals surface area contributed by atoms with E-state index in [0.29, 0.717) is 41.8 Å². The number of fused-ring (bicyclic) bond motifs is 1. The van der Waals surface area contributed by atoms with Crippen molar-refractivity contribution in [1.82, 2.24) is 14.5 Å². The zero-order valence-electron chi connectivity index (χ0n) is 20.0. The molecular weight excluding hydrogens is 440 g/mol. The quantitative estimate of drug-likeness (QED) is 0.447. The Bertz CT molecular complexity index is 1410. The van der Waals surface area contributed by atoms with Crippen LogP contribution in [-0.2, 0) is 6.54 Å². The molecule has 35 heavy (non-hydrogen) atoms. The van der Waals surface area contributed by atoms with Crippen LogP contribution in [0.5, 0.6) is 5.75 Å². The van der Waals surface area contributed by atoms with Crippen LogP contribution in [0.25, 0.3) is 10.9 Å². The lowest BCUT2D eigenvalue weighted by Crippen LogP contribution is -2.49. The van der Waals surface area contributed by atoms with Gasteiger partial charge in [-0.25, -0.2) is 0 Å². The highest BCUT2D eigenvalue weighted by Gasteiger charge is 2.24. The van der Waals surface area contributed by atoms with E-state index in [1.807, 2.05) is 60.4 Å². The molecule has 2 aromatic heterocycles. The summed E-state index contributed by atoms with van der Waals surface area (Å²) in [7, 11) is 1.62. The minimum absolute atomic E-state index is 0.0745. The number of para-hydroxylation sites is 1. The van der Waals surface area contributed by atoms with Crippen LogP contribution in [0.1, 0.15) is 21.6 Å². The maximum atomic E-state index is 13.4. The number of anilines is 1. The maximum Gasteiger partial charge on any atom is 0.260 e. The first-order chi connectivity index (χ1) is 17.0. The summed E-state index contributed by atoms with van der Waals surface area (Å²) in [6.45, 7) is 5.05. The normalized spacial score (nSPS) is 13.8. The lowest BCUT2D eigenvalue weighted by molar-refractivity contribution is 0.0745. The van der Waals surface area contributed by atoms with Gasteiger partial charge in [0, 0.05) is 38.1 Å². The molecule has 1 fully saturated rings. The van der Waals surface area contributed by atoms with Gasteiger partial charge in [0.25, 0.3) is 11.5 Å². The van der Waals surface area contributed by atoms with Crippen molar-refractivity contribution < 1.29 is 9.53 Å². The Kier molecular flexibility index (Phi) is 6.23. The predicted molar refractivity (Wildman–Crippen MR) is 137 cm³/mol. The summed E-state index contributed by atoms with van der Waals surface area (Å²) >= 11 is 0. The fourth-order valence-corrected chi connectivity index (χ4v) is 4.55. The molecule has 7 heteroatoms. The van der Waals surface area contributed by atoms with Crippen LogP contribution < -0.4 is 15.2 Å². The van der Waals surface area contributed by atoms with Crippen LogP contribution in [0.15, 0.2) is 77.7 Å². The monoisotopic (exact) mass is 468 g/mol. The number of piperazine rings is 1. The highest BCUT2D eigenvalue weighted by molar-refractivity contribution is 5.98. The van der Waals surface area contributed by atoms with Gasteiger partial charge in [0.15, 0.2) is 0 Å². The van der Waals surface area contributed by atoms with Crippen LogP contribution in [0.4, 0.5) is 5.69 Å². The van der Waals surface area contributed by atoms with Crippen molar-refractivity contribution in [1.29, 1.82) is 0 Å². The second-order valence-electron chi connectivity index (χ2n) is 8.77. The maximum absolute atomic E-state index is 13.4. The minimum atomic E-state index is -0.159. The average Bonchev–Trinajstić information content (AvgIpc) is 2.91. The molecular formula is C28H28N4O3. The van der Waals surface area contributed by atoms with Crippen LogP contribution in [0.2, 0.25) is 0 Å². The lowest BCUT2D eigenvalue weighted by Gasteiger charge is -2.36. The van der Waals surface area contributed by atoms with E-state index < -0.39 is 0 Å². The second-order valence-corrected chi connectivity index (χ2v) is 8.77. The molecule has 0 N–H and O–H groups in total. The minimum Gasteiger partial charge on any atom is -0.497 e. The molecule has 0 radical (unpaired) electrons. The highest BCUT2D eigenvalue weighted by Crippen LogP contribution is 2.20. The molecule has 0 spiro atoms. The van der Waals surface area contributed by atoms with E-state index in [-0.39, 0.29) is 11.5 Å². The van der Waals surface area contributed by atoms with Crippen LogP contribution in [-0.4, -0.2) is 53.6 Å². The van der Waals surface area contributed by atoms with Gasteiger partial charge in [-0.15, -0.1) is 0 Å². The van der Waals surface area contributed by atoms with Gasteiger partial charge in [-0.05, 0) is 48.9 Å². The smallest absolute Gasteiger partial charge is 0.260 e. The van der Waals surface area contributed by atoms with Crippen LogP contribution in [0.3, 0.4) is 0 Å². The van der Waals surface area contributed by atoms with Gasteiger partial charge >= 0.3 is 0 Å². The molecule has 2 aromatic carbocycles. The first-order valence-electron chi connectivity index (χ1n) is 11.8. The van der Waals surface area contributed by atoms with Crippen molar-refractivity contribution in [3.8, 4) is 5.75 Å². The molecule has 0 saturated carbocycles. The number of hydrogen-bond donors (Lipinski definition) is 0. The highest BCUT2D eigenvalue weighted by atomic mass is 16.5. The Morgan fingerprint density at radius 1 is 0.971 bits per heavy atom. The third kappa shape index (κ3) is 4.62. The molecule has 1 amide bonds. The Balaban J connectivity index is 1.38. The summed E-state index contributed by atoms with van der Waals surface area (Å²) in [6, 6.07) is 21.4. The molecule has 178 valence electrons. The number of carbonyl (C=O) groups excluding carboxylic acids is 1. The molecule has 5 rings (SSSR count). The number of benzene rings is 2. The van der Waals surface area contributed by atoms with Gasteiger partial charge in [-0.2, -0.15) is 0 Å². The van der Waals surface area contributed by atoms with E-state index in [1.165, 1.54) is 5.69 Å².